The molecule has 1 aliphatic rings. The second-order valence-corrected chi connectivity index (χ2v) is 5.62. The van der Waals surface area contributed by atoms with Crippen LogP contribution in [-0.4, -0.2) is 16.0 Å². The minimum atomic E-state index is -4.32. The summed E-state index contributed by atoms with van der Waals surface area (Å²) in [4.78, 5) is 8.28. The van der Waals surface area contributed by atoms with Gasteiger partial charge in [0, 0.05) is 12.5 Å². The van der Waals surface area contributed by atoms with Crippen LogP contribution >= 0.6 is 11.3 Å². The molecule has 1 saturated carbocycles. The highest BCUT2D eigenvalue weighted by atomic mass is 32.1. The van der Waals surface area contributed by atoms with Crippen LogP contribution in [0.4, 0.5) is 19.0 Å². The predicted molar refractivity (Wildman–Crippen MR) is 68.4 cm³/mol. The van der Waals surface area contributed by atoms with E-state index < -0.39 is 11.1 Å². The van der Waals surface area contributed by atoms with Crippen LogP contribution in [0.2, 0.25) is 0 Å². The maximum absolute atomic E-state index is 12.8. The van der Waals surface area contributed by atoms with Crippen molar-refractivity contribution in [2.24, 2.45) is 0 Å². The average molecular weight is 287 g/mol. The number of alkyl halides is 3. The van der Waals surface area contributed by atoms with Gasteiger partial charge in [-0.15, -0.1) is 11.3 Å². The summed E-state index contributed by atoms with van der Waals surface area (Å²) in [6.45, 7) is 1.89. The molecule has 1 N–H and O–H groups in total. The van der Waals surface area contributed by atoms with Crippen LogP contribution in [0.3, 0.4) is 0 Å². The van der Waals surface area contributed by atoms with Crippen LogP contribution in [0.15, 0.2) is 6.07 Å². The highest BCUT2D eigenvalue weighted by Crippen LogP contribution is 2.40. The fourth-order valence-electron chi connectivity index (χ4n) is 1.79. The number of fused-ring (bicyclic) bond motifs is 1. The normalized spacial score (nSPS) is 16.0. The quantitative estimate of drug-likeness (QED) is 0.931. The van der Waals surface area contributed by atoms with Crippen molar-refractivity contribution in [3.63, 3.8) is 0 Å². The van der Waals surface area contributed by atoms with Gasteiger partial charge in [-0.1, -0.05) is 6.92 Å². The fourth-order valence-corrected chi connectivity index (χ4v) is 2.71. The molecule has 2 heterocycles. The molecule has 2 aromatic heterocycles. The Morgan fingerprint density at radius 3 is 2.68 bits per heavy atom. The zero-order valence-corrected chi connectivity index (χ0v) is 11.0. The molecule has 3 rings (SSSR count). The minimum absolute atomic E-state index is 0.344. The van der Waals surface area contributed by atoms with Crippen molar-refractivity contribution in [2.75, 3.05) is 5.32 Å². The van der Waals surface area contributed by atoms with Gasteiger partial charge in [0.2, 0.25) is 0 Å². The molecule has 19 heavy (non-hydrogen) atoms. The summed E-state index contributed by atoms with van der Waals surface area (Å²) in [6, 6.07) is 1.49. The Bertz CT molecular complexity index is 616. The number of halogens is 3. The van der Waals surface area contributed by atoms with E-state index >= 15 is 0 Å². The molecule has 7 heteroatoms. The van der Waals surface area contributed by atoms with Gasteiger partial charge in [0.05, 0.1) is 5.39 Å². The van der Waals surface area contributed by atoms with E-state index in [1.54, 1.807) is 0 Å². The van der Waals surface area contributed by atoms with Gasteiger partial charge in [0.15, 0.2) is 0 Å². The monoisotopic (exact) mass is 287 g/mol. The number of nitrogens with zero attached hydrogens (tertiary/aromatic N) is 2. The van der Waals surface area contributed by atoms with Crippen LogP contribution in [-0.2, 0) is 12.6 Å². The van der Waals surface area contributed by atoms with E-state index in [1.807, 2.05) is 6.92 Å². The lowest BCUT2D eigenvalue weighted by atomic mass is 10.3. The van der Waals surface area contributed by atoms with Crippen molar-refractivity contribution in [1.82, 2.24) is 9.97 Å². The molecule has 102 valence electrons. The molecular formula is C12H12F3N3S. The molecular weight excluding hydrogens is 275 g/mol. The van der Waals surface area contributed by atoms with E-state index in [2.05, 4.69) is 15.3 Å². The average Bonchev–Trinajstić information content (AvgIpc) is 3.03. The van der Waals surface area contributed by atoms with Gasteiger partial charge < -0.3 is 5.32 Å². The van der Waals surface area contributed by atoms with E-state index in [0.717, 1.165) is 18.9 Å². The van der Waals surface area contributed by atoms with Gasteiger partial charge in [-0.05, 0) is 18.9 Å². The van der Waals surface area contributed by atoms with Crippen molar-refractivity contribution in [2.45, 2.75) is 38.4 Å². The molecule has 0 radical (unpaired) electrons. The van der Waals surface area contributed by atoms with Gasteiger partial charge in [-0.3, -0.25) is 0 Å². The third-order valence-electron chi connectivity index (χ3n) is 2.95. The summed E-state index contributed by atoms with van der Waals surface area (Å²) < 4.78 is 38.3. The Morgan fingerprint density at radius 1 is 1.37 bits per heavy atom. The van der Waals surface area contributed by atoms with Gasteiger partial charge in [0.25, 0.3) is 0 Å². The third kappa shape index (κ3) is 2.51. The molecule has 2 aromatic rings. The van der Waals surface area contributed by atoms with Crippen LogP contribution in [0.1, 0.15) is 30.5 Å². The fraction of sp³-hybridized carbons (Fsp3) is 0.500. The Labute approximate surface area is 111 Å². The third-order valence-corrected chi connectivity index (χ3v) is 4.03. The molecule has 1 aliphatic carbocycles. The molecule has 0 spiro atoms. The number of anilines is 1. The SMILES string of the molecule is CCc1nc(NC2CC2)c2cc(C(F)(F)F)sc2n1. The van der Waals surface area contributed by atoms with E-state index in [1.165, 1.54) is 0 Å². The first-order valence-electron chi connectivity index (χ1n) is 6.11. The predicted octanol–water partition coefficient (Wildman–Crippen LogP) is 3.85. The minimum Gasteiger partial charge on any atom is -0.367 e. The largest absolute Gasteiger partial charge is 0.425 e. The second-order valence-electron chi connectivity index (χ2n) is 4.59. The molecule has 0 atom stereocenters. The highest BCUT2D eigenvalue weighted by molar-refractivity contribution is 7.18. The Balaban J connectivity index is 2.12. The van der Waals surface area contributed by atoms with E-state index in [-0.39, 0.29) is 0 Å². The number of hydrogen-bond donors (Lipinski definition) is 1. The lowest BCUT2D eigenvalue weighted by molar-refractivity contribution is -0.134. The van der Waals surface area contributed by atoms with E-state index in [4.69, 9.17) is 0 Å². The summed E-state index contributed by atoms with van der Waals surface area (Å²) in [5.74, 6) is 1.11. The van der Waals surface area contributed by atoms with Crippen molar-refractivity contribution >= 4 is 27.4 Å². The summed E-state index contributed by atoms with van der Waals surface area (Å²) in [5, 5.41) is 3.66. The number of hydrogen-bond acceptors (Lipinski definition) is 4. The Hall–Kier alpha value is -1.37. The summed E-state index contributed by atoms with van der Waals surface area (Å²) >= 11 is 0.679. The lowest BCUT2D eigenvalue weighted by Crippen LogP contribution is -2.06. The molecule has 1 fully saturated rings. The summed E-state index contributed by atoms with van der Waals surface area (Å²) in [5.41, 5.74) is 0. The highest BCUT2D eigenvalue weighted by Gasteiger charge is 2.34. The molecule has 0 bridgehead atoms. The topological polar surface area (TPSA) is 37.8 Å². The van der Waals surface area contributed by atoms with Gasteiger partial charge in [0.1, 0.15) is 21.3 Å². The maximum atomic E-state index is 12.8. The first kappa shape index (κ1) is 12.7. The van der Waals surface area contributed by atoms with Crippen LogP contribution in [0, 0.1) is 0 Å². The number of rotatable bonds is 3. The van der Waals surface area contributed by atoms with Crippen LogP contribution in [0.25, 0.3) is 10.2 Å². The molecule has 0 unspecified atom stereocenters. The zero-order valence-electron chi connectivity index (χ0n) is 10.2. The zero-order chi connectivity index (χ0) is 13.6. The molecule has 0 aromatic carbocycles. The molecule has 3 nitrogen and oxygen atoms in total. The Morgan fingerprint density at radius 2 is 2.11 bits per heavy atom. The Kier molecular flexibility index (Phi) is 2.88. The van der Waals surface area contributed by atoms with Gasteiger partial charge >= 0.3 is 6.18 Å². The van der Waals surface area contributed by atoms with Crippen molar-refractivity contribution in [3.05, 3.63) is 16.8 Å². The first-order chi connectivity index (χ1) is 8.97. The first-order valence-corrected chi connectivity index (χ1v) is 6.93. The number of thiophene rings is 1. The lowest BCUT2D eigenvalue weighted by Gasteiger charge is -2.06. The van der Waals surface area contributed by atoms with Crippen LogP contribution < -0.4 is 5.32 Å². The number of aromatic nitrogens is 2. The van der Waals surface area contributed by atoms with Gasteiger partial charge in [-0.25, -0.2) is 9.97 Å². The smallest absolute Gasteiger partial charge is 0.367 e. The summed E-state index contributed by atoms with van der Waals surface area (Å²) in [7, 11) is 0. The molecule has 0 saturated heterocycles. The van der Waals surface area contributed by atoms with Gasteiger partial charge in [-0.2, -0.15) is 13.2 Å². The second kappa shape index (κ2) is 4.33. The molecule has 0 amide bonds. The van der Waals surface area contributed by atoms with Crippen molar-refractivity contribution in [1.29, 1.82) is 0 Å². The van der Waals surface area contributed by atoms with E-state index in [9.17, 15) is 13.2 Å². The van der Waals surface area contributed by atoms with Crippen molar-refractivity contribution < 1.29 is 13.2 Å². The summed E-state index contributed by atoms with van der Waals surface area (Å²) in [6.07, 6.45) is -1.63. The van der Waals surface area contributed by atoms with E-state index in [0.29, 0.717) is 45.7 Å². The number of nitrogens with one attached hydrogen (secondary N) is 1. The maximum Gasteiger partial charge on any atom is 0.425 e. The standard InChI is InChI=1S/C12H12F3N3S/c1-2-9-17-10(16-6-3-4-6)7-5-8(12(13,14)15)19-11(7)18-9/h5-6H,2-4H2,1H3,(H,16,17,18). The number of aryl methyl sites for hydroxylation is 1. The van der Waals surface area contributed by atoms with Crippen LogP contribution in [0.5, 0.6) is 0 Å². The molecule has 0 aliphatic heterocycles. The van der Waals surface area contributed by atoms with Crippen molar-refractivity contribution in [3.8, 4) is 0 Å².